The number of carboxylic acid groups (broad SMARTS) is 1. The molecule has 0 aromatic heterocycles. The van der Waals surface area contributed by atoms with Gasteiger partial charge in [0, 0.05) is 25.4 Å². The number of carbonyl (C=O) groups excluding carboxylic acids is 2. The molecule has 1 unspecified atom stereocenters. The number of carbonyl (C=O) groups is 3. The standard InChI is InChI=1S/C25H29F2N3O5/c1-29(2)11-12-30(14-23(31)32)24(33)21(13-22(26)27)28-25(34)35-15-20-18-9-5-3-7-16(18)17-8-4-6-10-19(17)20/h3-10,20-22H,11-15H2,1-2H3,(H,28,34)(H,31,32). The van der Waals surface area contributed by atoms with Crippen molar-refractivity contribution in [3.63, 3.8) is 0 Å². The normalized spacial score (nSPS) is 13.3. The third-order valence-electron chi connectivity index (χ3n) is 5.80. The van der Waals surface area contributed by atoms with Gasteiger partial charge in [-0.1, -0.05) is 48.5 Å². The van der Waals surface area contributed by atoms with Crippen LogP contribution >= 0.6 is 0 Å². The van der Waals surface area contributed by atoms with E-state index in [1.165, 1.54) is 0 Å². The molecule has 8 nitrogen and oxygen atoms in total. The first-order chi connectivity index (χ1) is 16.7. The maximum atomic E-state index is 13.2. The largest absolute Gasteiger partial charge is 0.480 e. The SMILES string of the molecule is CN(C)CCN(CC(=O)O)C(=O)C(CC(F)F)NC(=O)OCC1c2ccccc2-c2ccccc21. The minimum Gasteiger partial charge on any atom is -0.480 e. The highest BCUT2D eigenvalue weighted by molar-refractivity contribution is 5.88. The van der Waals surface area contributed by atoms with Crippen LogP contribution in [-0.2, 0) is 14.3 Å². The smallest absolute Gasteiger partial charge is 0.407 e. The van der Waals surface area contributed by atoms with Crippen molar-refractivity contribution < 1.29 is 33.0 Å². The van der Waals surface area contributed by atoms with Crippen LogP contribution in [0.25, 0.3) is 11.1 Å². The molecule has 35 heavy (non-hydrogen) atoms. The summed E-state index contributed by atoms with van der Waals surface area (Å²) < 4.78 is 31.8. The summed E-state index contributed by atoms with van der Waals surface area (Å²) in [4.78, 5) is 39.3. The van der Waals surface area contributed by atoms with Gasteiger partial charge in [-0.05, 0) is 36.3 Å². The monoisotopic (exact) mass is 489 g/mol. The predicted molar refractivity (Wildman–Crippen MR) is 125 cm³/mol. The van der Waals surface area contributed by atoms with E-state index in [1.807, 2.05) is 48.5 Å². The highest BCUT2D eigenvalue weighted by atomic mass is 19.3. The molecule has 2 aromatic rings. The number of fused-ring (bicyclic) bond motifs is 3. The number of hydrogen-bond donors (Lipinski definition) is 2. The fraction of sp³-hybridized carbons (Fsp3) is 0.400. The van der Waals surface area contributed by atoms with Crippen LogP contribution in [0.2, 0.25) is 0 Å². The van der Waals surface area contributed by atoms with Gasteiger partial charge in [-0.25, -0.2) is 13.6 Å². The summed E-state index contributed by atoms with van der Waals surface area (Å²) >= 11 is 0. The van der Waals surface area contributed by atoms with Gasteiger partial charge in [0.2, 0.25) is 12.3 Å². The van der Waals surface area contributed by atoms with E-state index in [4.69, 9.17) is 9.84 Å². The Bertz CT molecular complexity index is 1020. The van der Waals surface area contributed by atoms with Crippen molar-refractivity contribution in [2.45, 2.75) is 24.8 Å². The molecule has 0 saturated heterocycles. The summed E-state index contributed by atoms with van der Waals surface area (Å²) in [6, 6.07) is 13.9. The Morgan fingerprint density at radius 2 is 1.57 bits per heavy atom. The summed E-state index contributed by atoms with van der Waals surface area (Å²) in [5, 5.41) is 11.4. The fourth-order valence-corrected chi connectivity index (χ4v) is 4.15. The fourth-order valence-electron chi connectivity index (χ4n) is 4.15. The molecule has 10 heteroatoms. The Hall–Kier alpha value is -3.53. The molecule has 2 N–H and O–H groups in total. The molecular formula is C25H29F2N3O5. The lowest BCUT2D eigenvalue weighted by Crippen LogP contribution is -2.52. The number of carboxylic acids is 1. The van der Waals surface area contributed by atoms with Crippen LogP contribution in [0.4, 0.5) is 13.6 Å². The number of halogens is 2. The Labute approximate surface area is 202 Å². The Morgan fingerprint density at radius 1 is 1.00 bits per heavy atom. The van der Waals surface area contributed by atoms with E-state index >= 15 is 0 Å². The first-order valence-corrected chi connectivity index (χ1v) is 11.2. The number of likely N-dealkylation sites (N-methyl/N-ethyl adjacent to an activating group) is 1. The average molecular weight is 490 g/mol. The van der Waals surface area contributed by atoms with Gasteiger partial charge >= 0.3 is 12.1 Å². The molecule has 0 fully saturated rings. The number of alkyl carbamates (subject to hydrolysis) is 1. The summed E-state index contributed by atoms with van der Waals surface area (Å²) in [6.07, 6.45) is -4.87. The Morgan fingerprint density at radius 3 is 2.09 bits per heavy atom. The second-order valence-corrected chi connectivity index (χ2v) is 8.61. The van der Waals surface area contributed by atoms with E-state index in [1.54, 1.807) is 19.0 Å². The van der Waals surface area contributed by atoms with Gasteiger partial charge in [0.25, 0.3) is 0 Å². The molecule has 0 spiro atoms. The molecular weight excluding hydrogens is 460 g/mol. The molecule has 0 radical (unpaired) electrons. The van der Waals surface area contributed by atoms with Crippen LogP contribution in [0.1, 0.15) is 23.5 Å². The van der Waals surface area contributed by atoms with Gasteiger partial charge in [0.15, 0.2) is 0 Å². The number of benzene rings is 2. The third-order valence-corrected chi connectivity index (χ3v) is 5.80. The maximum Gasteiger partial charge on any atom is 0.407 e. The van der Waals surface area contributed by atoms with E-state index in [9.17, 15) is 23.2 Å². The second-order valence-electron chi connectivity index (χ2n) is 8.61. The van der Waals surface area contributed by atoms with Crippen LogP contribution in [0.15, 0.2) is 48.5 Å². The first kappa shape index (κ1) is 26.1. The van der Waals surface area contributed by atoms with Gasteiger partial charge < -0.3 is 25.0 Å². The predicted octanol–water partition coefficient (Wildman–Crippen LogP) is 3.02. The van der Waals surface area contributed by atoms with E-state index in [-0.39, 0.29) is 19.1 Å². The number of alkyl halides is 2. The molecule has 188 valence electrons. The van der Waals surface area contributed by atoms with Crippen molar-refractivity contribution in [2.75, 3.05) is 40.3 Å². The van der Waals surface area contributed by atoms with E-state index in [0.29, 0.717) is 6.54 Å². The molecule has 1 atom stereocenters. The lowest BCUT2D eigenvalue weighted by Gasteiger charge is -2.27. The second kappa shape index (κ2) is 11.7. The zero-order valence-electron chi connectivity index (χ0n) is 19.6. The first-order valence-electron chi connectivity index (χ1n) is 11.2. The molecule has 2 aromatic carbocycles. The minimum atomic E-state index is -2.89. The third kappa shape index (κ3) is 6.75. The lowest BCUT2D eigenvalue weighted by molar-refractivity contribution is -0.145. The van der Waals surface area contributed by atoms with Gasteiger partial charge in [-0.3, -0.25) is 9.59 Å². The van der Waals surface area contributed by atoms with Crippen molar-refractivity contribution >= 4 is 18.0 Å². The van der Waals surface area contributed by atoms with Gasteiger partial charge in [-0.15, -0.1) is 0 Å². The molecule has 0 bridgehead atoms. The zero-order chi connectivity index (χ0) is 25.5. The number of amides is 2. The number of aliphatic carboxylic acids is 1. The van der Waals surface area contributed by atoms with E-state index < -0.39 is 43.4 Å². The Kier molecular flexibility index (Phi) is 8.75. The topological polar surface area (TPSA) is 99.2 Å². The van der Waals surface area contributed by atoms with Crippen LogP contribution in [0.5, 0.6) is 0 Å². The van der Waals surface area contributed by atoms with Crippen molar-refractivity contribution in [2.24, 2.45) is 0 Å². The highest BCUT2D eigenvalue weighted by Crippen LogP contribution is 2.44. The molecule has 3 rings (SSSR count). The molecule has 1 aliphatic rings. The number of nitrogens with zero attached hydrogens (tertiary/aromatic N) is 2. The van der Waals surface area contributed by atoms with Crippen LogP contribution in [-0.4, -0.2) is 85.7 Å². The van der Waals surface area contributed by atoms with Crippen molar-refractivity contribution in [1.29, 1.82) is 0 Å². The molecule has 0 saturated carbocycles. The number of ether oxygens (including phenoxy) is 1. The van der Waals surface area contributed by atoms with Crippen LogP contribution < -0.4 is 5.32 Å². The summed E-state index contributed by atoms with van der Waals surface area (Å²) in [6.45, 7) is -0.386. The number of hydrogen-bond acceptors (Lipinski definition) is 5. The molecule has 1 aliphatic carbocycles. The van der Waals surface area contributed by atoms with Gasteiger partial charge in [0.1, 0.15) is 19.2 Å². The maximum absolute atomic E-state index is 13.2. The minimum absolute atomic E-state index is 0.00421. The van der Waals surface area contributed by atoms with Gasteiger partial charge in [-0.2, -0.15) is 0 Å². The highest BCUT2D eigenvalue weighted by Gasteiger charge is 2.32. The van der Waals surface area contributed by atoms with Crippen molar-refractivity contribution in [1.82, 2.24) is 15.1 Å². The molecule has 0 aliphatic heterocycles. The number of nitrogens with one attached hydrogen (secondary N) is 1. The summed E-state index contributed by atoms with van der Waals surface area (Å²) in [5.41, 5.74) is 4.04. The molecule has 0 heterocycles. The van der Waals surface area contributed by atoms with Crippen molar-refractivity contribution in [3.05, 3.63) is 59.7 Å². The van der Waals surface area contributed by atoms with Crippen LogP contribution in [0.3, 0.4) is 0 Å². The zero-order valence-corrected chi connectivity index (χ0v) is 19.6. The Balaban J connectivity index is 1.69. The van der Waals surface area contributed by atoms with E-state index in [0.717, 1.165) is 27.2 Å². The van der Waals surface area contributed by atoms with E-state index in [2.05, 4.69) is 5.32 Å². The number of rotatable bonds is 11. The summed E-state index contributed by atoms with van der Waals surface area (Å²) in [7, 11) is 3.46. The average Bonchev–Trinajstić information content (AvgIpc) is 3.12. The van der Waals surface area contributed by atoms with Crippen LogP contribution in [0, 0.1) is 0 Å². The van der Waals surface area contributed by atoms with Crippen molar-refractivity contribution in [3.8, 4) is 11.1 Å². The molecule has 2 amide bonds. The lowest BCUT2D eigenvalue weighted by atomic mass is 9.98. The van der Waals surface area contributed by atoms with Gasteiger partial charge in [0.05, 0.1) is 0 Å². The summed E-state index contributed by atoms with van der Waals surface area (Å²) in [5.74, 6) is -2.42. The quantitative estimate of drug-likeness (QED) is 0.504.